The van der Waals surface area contributed by atoms with Crippen molar-refractivity contribution >= 4 is 28.1 Å². The lowest BCUT2D eigenvalue weighted by Crippen LogP contribution is -2.29. The number of hydrogen-bond donors (Lipinski definition) is 3. The summed E-state index contributed by atoms with van der Waals surface area (Å²) in [5.74, 6) is -0.217. The minimum absolute atomic E-state index is 0.217. The van der Waals surface area contributed by atoms with Crippen LogP contribution in [0.2, 0.25) is 0 Å². The van der Waals surface area contributed by atoms with Gasteiger partial charge in [0, 0.05) is 66.0 Å². The zero-order chi connectivity index (χ0) is 27.9. The summed E-state index contributed by atoms with van der Waals surface area (Å²) < 4.78 is 14.9. The third-order valence-electron chi connectivity index (χ3n) is 7.92. The van der Waals surface area contributed by atoms with Crippen molar-refractivity contribution < 1.29 is 4.39 Å². The molecule has 1 fully saturated rings. The largest absolute Gasteiger partial charge is 0.371 e. The van der Waals surface area contributed by atoms with E-state index in [1.165, 1.54) is 6.42 Å². The molecule has 208 valence electrons. The fraction of sp³-hybridized carbons (Fsp3) is 0.281. The molecule has 41 heavy (non-hydrogen) atoms. The molecule has 5 aromatic rings. The molecular weight excluding hydrogens is 515 g/mol. The van der Waals surface area contributed by atoms with Crippen molar-refractivity contribution in [3.05, 3.63) is 84.2 Å². The number of fused-ring (bicyclic) bond motifs is 2. The van der Waals surface area contributed by atoms with Crippen molar-refractivity contribution in [1.29, 1.82) is 0 Å². The van der Waals surface area contributed by atoms with Gasteiger partial charge < -0.3 is 20.4 Å². The molecule has 0 spiro atoms. The standard InChI is InChI=1S/C32H33FN8/c1-40(2)19-20-11-22(17-34-16-20)23-14-27-30(38-39-31(27)35-18-23)32-36-28-8-6-7-26(29(28)37-32)21-12-24(33)15-25(13-21)41-9-4-3-5-10-41/h6-8,11-18,32,36-37H,3-5,9-10,19H2,1-2H3,(H,35,38,39). The minimum Gasteiger partial charge on any atom is -0.371 e. The molecule has 2 aliphatic rings. The molecule has 2 aliphatic heterocycles. The number of nitrogens with one attached hydrogen (secondary N) is 3. The van der Waals surface area contributed by atoms with Gasteiger partial charge in [0.2, 0.25) is 0 Å². The number of aromatic nitrogens is 4. The molecule has 3 aromatic heterocycles. The van der Waals surface area contributed by atoms with E-state index >= 15 is 0 Å². The van der Waals surface area contributed by atoms with E-state index in [9.17, 15) is 4.39 Å². The first-order valence-electron chi connectivity index (χ1n) is 14.2. The summed E-state index contributed by atoms with van der Waals surface area (Å²) in [5.41, 5.74) is 9.35. The van der Waals surface area contributed by atoms with Crippen LogP contribution in [0.25, 0.3) is 33.3 Å². The number of benzene rings is 2. The van der Waals surface area contributed by atoms with E-state index in [2.05, 4.69) is 58.8 Å². The second-order valence-electron chi connectivity index (χ2n) is 11.2. The number of nitrogens with zero attached hydrogens (tertiary/aromatic N) is 5. The summed E-state index contributed by atoms with van der Waals surface area (Å²) in [6.07, 6.45) is 8.89. The van der Waals surface area contributed by atoms with Gasteiger partial charge in [-0.3, -0.25) is 10.1 Å². The number of rotatable bonds is 6. The van der Waals surface area contributed by atoms with Crippen LogP contribution in [-0.2, 0) is 6.54 Å². The molecule has 0 bridgehead atoms. The Balaban J connectivity index is 1.21. The molecule has 0 aliphatic carbocycles. The third-order valence-corrected chi connectivity index (χ3v) is 7.92. The Bertz CT molecular complexity index is 1720. The van der Waals surface area contributed by atoms with Gasteiger partial charge in [0.25, 0.3) is 0 Å². The van der Waals surface area contributed by atoms with E-state index < -0.39 is 0 Å². The van der Waals surface area contributed by atoms with Crippen LogP contribution in [0.4, 0.5) is 21.5 Å². The van der Waals surface area contributed by atoms with E-state index in [1.807, 2.05) is 50.9 Å². The number of piperidine rings is 1. The quantitative estimate of drug-likeness (QED) is 0.226. The highest BCUT2D eigenvalue weighted by atomic mass is 19.1. The second kappa shape index (κ2) is 10.5. The summed E-state index contributed by atoms with van der Waals surface area (Å²) >= 11 is 0. The second-order valence-corrected chi connectivity index (χ2v) is 11.2. The molecule has 1 unspecified atom stereocenters. The van der Waals surface area contributed by atoms with E-state index in [0.29, 0.717) is 5.65 Å². The molecule has 8 nitrogen and oxygen atoms in total. The topological polar surface area (TPSA) is 85.0 Å². The molecular formula is C32H33FN8. The number of aromatic amines is 1. The summed E-state index contributed by atoms with van der Waals surface area (Å²) in [7, 11) is 4.09. The number of halogens is 1. The van der Waals surface area contributed by atoms with E-state index in [0.717, 1.165) is 88.4 Å². The lowest BCUT2D eigenvalue weighted by Gasteiger charge is -2.29. The Morgan fingerprint density at radius 2 is 1.78 bits per heavy atom. The van der Waals surface area contributed by atoms with Crippen LogP contribution in [0.5, 0.6) is 0 Å². The summed E-state index contributed by atoms with van der Waals surface area (Å²) in [4.78, 5) is 13.5. The summed E-state index contributed by atoms with van der Waals surface area (Å²) in [6.45, 7) is 2.75. The van der Waals surface area contributed by atoms with Crippen molar-refractivity contribution in [3.63, 3.8) is 0 Å². The lowest BCUT2D eigenvalue weighted by molar-refractivity contribution is 0.402. The van der Waals surface area contributed by atoms with Crippen LogP contribution in [0.1, 0.15) is 36.7 Å². The van der Waals surface area contributed by atoms with Gasteiger partial charge in [-0.15, -0.1) is 0 Å². The first-order chi connectivity index (χ1) is 20.0. The average Bonchev–Trinajstić information content (AvgIpc) is 3.61. The normalized spacial score (nSPS) is 16.6. The SMILES string of the molecule is CN(C)Cc1cncc(-c2cnc3n[nH]c(C4Nc5cccc(-c6cc(F)cc(N7CCCCC7)c6)c5N4)c3c2)c1. The Hall–Kier alpha value is -4.50. The molecule has 5 heterocycles. The highest BCUT2D eigenvalue weighted by Gasteiger charge is 2.27. The van der Waals surface area contributed by atoms with Crippen molar-refractivity contribution in [3.8, 4) is 22.3 Å². The molecule has 0 saturated carbocycles. The number of hydrogen-bond acceptors (Lipinski definition) is 7. The Labute approximate surface area is 238 Å². The van der Waals surface area contributed by atoms with Crippen molar-refractivity contribution in [1.82, 2.24) is 25.1 Å². The minimum atomic E-state index is -0.249. The number of para-hydroxylation sites is 1. The van der Waals surface area contributed by atoms with Crippen LogP contribution in [0, 0.1) is 5.82 Å². The van der Waals surface area contributed by atoms with Gasteiger partial charge in [-0.25, -0.2) is 9.37 Å². The first-order valence-corrected chi connectivity index (χ1v) is 14.2. The molecule has 1 atom stereocenters. The van der Waals surface area contributed by atoms with Crippen LogP contribution in [-0.4, -0.2) is 52.3 Å². The fourth-order valence-corrected chi connectivity index (χ4v) is 6.01. The zero-order valence-electron chi connectivity index (χ0n) is 23.3. The maximum absolute atomic E-state index is 14.9. The van der Waals surface area contributed by atoms with Crippen LogP contribution < -0.4 is 15.5 Å². The Morgan fingerprint density at radius 3 is 2.63 bits per heavy atom. The van der Waals surface area contributed by atoms with Gasteiger partial charge in [0.05, 0.1) is 17.1 Å². The van der Waals surface area contributed by atoms with Gasteiger partial charge in [-0.05, 0) is 80.9 Å². The average molecular weight is 549 g/mol. The van der Waals surface area contributed by atoms with E-state index in [-0.39, 0.29) is 12.0 Å². The molecule has 0 amide bonds. The van der Waals surface area contributed by atoms with Crippen LogP contribution in [0.3, 0.4) is 0 Å². The van der Waals surface area contributed by atoms with Crippen molar-refractivity contribution in [2.45, 2.75) is 32.0 Å². The number of pyridine rings is 2. The van der Waals surface area contributed by atoms with Crippen molar-refractivity contribution in [2.75, 3.05) is 42.7 Å². The molecule has 7 rings (SSSR count). The van der Waals surface area contributed by atoms with E-state index in [1.54, 1.807) is 12.1 Å². The predicted molar refractivity (Wildman–Crippen MR) is 162 cm³/mol. The molecule has 3 N–H and O–H groups in total. The van der Waals surface area contributed by atoms with Gasteiger partial charge in [-0.1, -0.05) is 12.1 Å². The highest BCUT2D eigenvalue weighted by Crippen LogP contribution is 2.44. The Morgan fingerprint density at radius 1 is 0.927 bits per heavy atom. The first kappa shape index (κ1) is 25.5. The smallest absolute Gasteiger partial charge is 0.181 e. The maximum Gasteiger partial charge on any atom is 0.181 e. The van der Waals surface area contributed by atoms with Gasteiger partial charge >= 0.3 is 0 Å². The molecule has 2 aromatic carbocycles. The molecule has 9 heteroatoms. The number of H-pyrrole nitrogens is 1. The third kappa shape index (κ3) is 4.97. The van der Waals surface area contributed by atoms with Crippen LogP contribution >= 0.6 is 0 Å². The number of anilines is 3. The predicted octanol–water partition coefficient (Wildman–Crippen LogP) is 6.41. The molecule has 1 saturated heterocycles. The van der Waals surface area contributed by atoms with E-state index in [4.69, 9.17) is 0 Å². The van der Waals surface area contributed by atoms with Gasteiger partial charge in [0.15, 0.2) is 5.65 Å². The van der Waals surface area contributed by atoms with Gasteiger partial charge in [0.1, 0.15) is 12.0 Å². The Kier molecular flexibility index (Phi) is 6.51. The monoisotopic (exact) mass is 548 g/mol. The summed E-state index contributed by atoms with van der Waals surface area (Å²) in [6, 6.07) is 15.7. The van der Waals surface area contributed by atoms with Crippen molar-refractivity contribution in [2.24, 2.45) is 0 Å². The maximum atomic E-state index is 14.9. The fourth-order valence-electron chi connectivity index (χ4n) is 6.01. The van der Waals surface area contributed by atoms with Gasteiger partial charge in [-0.2, -0.15) is 5.10 Å². The zero-order valence-corrected chi connectivity index (χ0v) is 23.3. The molecule has 0 radical (unpaired) electrons. The van der Waals surface area contributed by atoms with Crippen LogP contribution in [0.15, 0.2) is 67.1 Å². The summed E-state index contributed by atoms with van der Waals surface area (Å²) in [5, 5.41) is 15.8. The lowest BCUT2D eigenvalue weighted by atomic mass is 10.0. The highest BCUT2D eigenvalue weighted by molar-refractivity contribution is 5.92.